The fraction of sp³-hybridized carbons (Fsp3) is 0.435. The molecule has 0 aromatic heterocycles. The Labute approximate surface area is 212 Å². The van der Waals surface area contributed by atoms with Crippen molar-refractivity contribution < 1.29 is 35.7 Å². The van der Waals surface area contributed by atoms with Crippen LogP contribution in [0.3, 0.4) is 0 Å². The van der Waals surface area contributed by atoms with Gasteiger partial charge in [-0.2, -0.15) is 21.6 Å². The van der Waals surface area contributed by atoms with Crippen LogP contribution in [0.15, 0.2) is 41.3 Å². The SMILES string of the molecule is CN1CCN(Cc2ccc(NC(=O)c3ccc(OCCCCl)c(S(=O)(=O)O)c3)cc2C(F)(F)F)CC1. The number of nitrogens with zero attached hydrogens (tertiary/aromatic N) is 2. The van der Waals surface area contributed by atoms with Gasteiger partial charge in [0.2, 0.25) is 0 Å². The van der Waals surface area contributed by atoms with Crippen LogP contribution >= 0.6 is 11.6 Å². The number of hydrogen-bond acceptors (Lipinski definition) is 6. The predicted molar refractivity (Wildman–Crippen MR) is 129 cm³/mol. The molecular weight excluding hydrogens is 523 g/mol. The third-order valence-electron chi connectivity index (χ3n) is 5.68. The average molecular weight is 550 g/mol. The Morgan fingerprint density at radius 1 is 1.14 bits per heavy atom. The highest BCUT2D eigenvalue weighted by molar-refractivity contribution is 7.86. The van der Waals surface area contributed by atoms with Crippen LogP contribution in [-0.2, 0) is 22.8 Å². The zero-order chi connectivity index (χ0) is 26.5. The first-order valence-electron chi connectivity index (χ1n) is 11.1. The number of alkyl halides is 4. The van der Waals surface area contributed by atoms with Gasteiger partial charge < -0.3 is 15.0 Å². The van der Waals surface area contributed by atoms with Crippen molar-refractivity contribution in [1.29, 1.82) is 0 Å². The van der Waals surface area contributed by atoms with E-state index >= 15 is 0 Å². The Bertz CT molecular complexity index is 1190. The lowest BCUT2D eigenvalue weighted by Gasteiger charge is -2.33. The largest absolute Gasteiger partial charge is 0.492 e. The molecule has 1 aliphatic heterocycles. The summed E-state index contributed by atoms with van der Waals surface area (Å²) >= 11 is 5.57. The van der Waals surface area contributed by atoms with Gasteiger partial charge in [0.05, 0.1) is 12.2 Å². The van der Waals surface area contributed by atoms with Crippen LogP contribution in [-0.4, -0.2) is 74.4 Å². The number of rotatable bonds is 9. The fourth-order valence-electron chi connectivity index (χ4n) is 3.71. The average Bonchev–Trinajstić information content (AvgIpc) is 2.80. The van der Waals surface area contributed by atoms with E-state index in [9.17, 15) is 30.9 Å². The second kappa shape index (κ2) is 11.8. The second-order valence-corrected chi connectivity index (χ2v) is 10.2. The quantitative estimate of drug-likeness (QED) is 0.277. The first-order chi connectivity index (χ1) is 16.9. The monoisotopic (exact) mass is 549 g/mol. The number of likely N-dealkylation sites (N-methyl/N-ethyl adjacent to an activating group) is 1. The van der Waals surface area contributed by atoms with E-state index in [1.807, 2.05) is 11.9 Å². The van der Waals surface area contributed by atoms with E-state index in [2.05, 4.69) is 10.2 Å². The van der Waals surface area contributed by atoms with Gasteiger partial charge in [0.25, 0.3) is 16.0 Å². The van der Waals surface area contributed by atoms with Gasteiger partial charge in [-0.3, -0.25) is 14.2 Å². The molecule has 1 heterocycles. The highest BCUT2D eigenvalue weighted by atomic mass is 35.5. The molecule has 0 aliphatic carbocycles. The minimum atomic E-state index is -4.74. The van der Waals surface area contributed by atoms with Crippen LogP contribution in [0.4, 0.5) is 18.9 Å². The number of benzene rings is 2. The molecule has 1 amide bonds. The van der Waals surface area contributed by atoms with E-state index in [1.54, 1.807) is 0 Å². The van der Waals surface area contributed by atoms with Crippen molar-refractivity contribution in [2.24, 2.45) is 0 Å². The first kappa shape index (κ1) is 28.2. The van der Waals surface area contributed by atoms with Gasteiger partial charge in [0.1, 0.15) is 10.6 Å². The molecule has 1 aliphatic rings. The van der Waals surface area contributed by atoms with Crippen molar-refractivity contribution in [1.82, 2.24) is 9.80 Å². The molecule has 198 valence electrons. The molecule has 3 rings (SSSR count). The van der Waals surface area contributed by atoms with E-state index in [4.69, 9.17) is 16.3 Å². The van der Waals surface area contributed by atoms with Gasteiger partial charge in [-0.15, -0.1) is 11.6 Å². The van der Waals surface area contributed by atoms with Crippen LogP contribution in [0.25, 0.3) is 0 Å². The number of carbonyl (C=O) groups is 1. The van der Waals surface area contributed by atoms with Crippen LogP contribution in [0.2, 0.25) is 0 Å². The van der Waals surface area contributed by atoms with Crippen molar-refractivity contribution in [2.45, 2.75) is 24.0 Å². The van der Waals surface area contributed by atoms with Crippen molar-refractivity contribution in [3.8, 4) is 5.75 Å². The summed E-state index contributed by atoms with van der Waals surface area (Å²) in [6.45, 7) is 3.02. The van der Waals surface area contributed by atoms with E-state index in [-0.39, 0.29) is 41.6 Å². The zero-order valence-electron chi connectivity index (χ0n) is 19.5. The summed E-state index contributed by atoms with van der Waals surface area (Å²) in [6.07, 6.45) is -4.22. The number of anilines is 1. The third kappa shape index (κ3) is 7.56. The minimum Gasteiger partial charge on any atom is -0.492 e. The van der Waals surface area contributed by atoms with Crippen molar-refractivity contribution in [3.05, 3.63) is 53.1 Å². The molecule has 0 spiro atoms. The van der Waals surface area contributed by atoms with E-state index in [0.29, 0.717) is 19.5 Å². The van der Waals surface area contributed by atoms with E-state index in [1.165, 1.54) is 24.3 Å². The van der Waals surface area contributed by atoms with Gasteiger partial charge in [0.15, 0.2) is 0 Å². The smallest absolute Gasteiger partial charge is 0.416 e. The highest BCUT2D eigenvalue weighted by Gasteiger charge is 2.34. The van der Waals surface area contributed by atoms with Crippen LogP contribution in [0.1, 0.15) is 27.9 Å². The molecule has 1 saturated heterocycles. The molecule has 0 radical (unpaired) electrons. The van der Waals surface area contributed by atoms with Gasteiger partial charge in [0, 0.05) is 49.9 Å². The Morgan fingerprint density at radius 2 is 1.83 bits per heavy atom. The Hall–Kier alpha value is -2.38. The number of piperazine rings is 1. The maximum absolute atomic E-state index is 13.8. The van der Waals surface area contributed by atoms with Crippen LogP contribution in [0.5, 0.6) is 5.75 Å². The molecule has 13 heteroatoms. The fourth-order valence-corrected chi connectivity index (χ4v) is 4.48. The lowest BCUT2D eigenvalue weighted by Crippen LogP contribution is -2.44. The third-order valence-corrected chi connectivity index (χ3v) is 6.82. The van der Waals surface area contributed by atoms with Crippen LogP contribution < -0.4 is 10.1 Å². The summed E-state index contributed by atoms with van der Waals surface area (Å²) in [5, 5.41) is 2.36. The molecule has 36 heavy (non-hydrogen) atoms. The summed E-state index contributed by atoms with van der Waals surface area (Å²) in [6, 6.07) is 6.88. The lowest BCUT2D eigenvalue weighted by atomic mass is 10.0. The lowest BCUT2D eigenvalue weighted by molar-refractivity contribution is -0.138. The summed E-state index contributed by atoms with van der Waals surface area (Å²) in [5.74, 6) is -0.755. The molecule has 2 aromatic carbocycles. The number of hydrogen-bond donors (Lipinski definition) is 2. The minimum absolute atomic E-state index is 0.0816. The number of carbonyl (C=O) groups excluding carboxylic acids is 1. The Balaban J connectivity index is 1.82. The maximum Gasteiger partial charge on any atom is 0.416 e. The molecule has 8 nitrogen and oxygen atoms in total. The maximum atomic E-state index is 13.8. The van der Waals surface area contributed by atoms with E-state index in [0.717, 1.165) is 25.2 Å². The highest BCUT2D eigenvalue weighted by Crippen LogP contribution is 2.35. The van der Waals surface area contributed by atoms with Gasteiger partial charge in [-0.25, -0.2) is 0 Å². The number of amides is 1. The molecule has 0 unspecified atom stereocenters. The summed E-state index contributed by atoms with van der Waals surface area (Å²) in [5.41, 5.74) is -1.06. The Kier molecular flexibility index (Phi) is 9.23. The number of ether oxygens (including phenoxy) is 1. The predicted octanol–water partition coefficient (Wildman–Crippen LogP) is 3.96. The molecule has 1 fully saturated rings. The normalized spacial score (nSPS) is 15.6. The molecule has 2 N–H and O–H groups in total. The zero-order valence-corrected chi connectivity index (χ0v) is 21.1. The van der Waals surface area contributed by atoms with Crippen molar-refractivity contribution >= 4 is 33.3 Å². The van der Waals surface area contributed by atoms with Crippen LogP contribution in [0, 0.1) is 0 Å². The summed E-state index contributed by atoms with van der Waals surface area (Å²) < 4.78 is 79.8. The Morgan fingerprint density at radius 3 is 2.44 bits per heavy atom. The van der Waals surface area contributed by atoms with Gasteiger partial charge in [-0.1, -0.05) is 6.07 Å². The molecule has 2 aromatic rings. The topological polar surface area (TPSA) is 99.2 Å². The summed E-state index contributed by atoms with van der Waals surface area (Å²) in [4.78, 5) is 16.1. The number of nitrogens with one attached hydrogen (secondary N) is 1. The molecule has 0 atom stereocenters. The molecule has 0 saturated carbocycles. The van der Waals surface area contributed by atoms with E-state index < -0.39 is 32.7 Å². The van der Waals surface area contributed by atoms with Crippen molar-refractivity contribution in [2.75, 3.05) is 51.0 Å². The summed E-state index contributed by atoms with van der Waals surface area (Å²) in [7, 11) is -2.79. The number of halogens is 4. The second-order valence-electron chi connectivity index (χ2n) is 8.43. The van der Waals surface area contributed by atoms with Gasteiger partial charge >= 0.3 is 6.18 Å². The van der Waals surface area contributed by atoms with Crippen molar-refractivity contribution in [3.63, 3.8) is 0 Å². The molecular formula is C23H27ClF3N3O5S. The standard InChI is InChI=1S/C23H27ClF3N3O5S/c1-29-8-10-30(11-9-29)15-17-3-5-18(14-19(17)23(25,26)27)28-22(31)16-4-6-20(35-12-2-7-24)21(13-16)36(32,33)34/h3-6,13-14H,2,7-12,15H2,1H3,(H,28,31)(H,32,33,34). The first-order valence-corrected chi connectivity index (χ1v) is 13.1. The molecule has 0 bridgehead atoms. The van der Waals surface area contributed by atoms with Gasteiger partial charge in [-0.05, 0) is 49.4 Å².